The third-order valence-corrected chi connectivity index (χ3v) is 2.38. The van der Waals surface area contributed by atoms with E-state index >= 15 is 0 Å². The van der Waals surface area contributed by atoms with Crippen molar-refractivity contribution in [1.29, 1.82) is 0 Å². The molecule has 1 aromatic carbocycles. The number of rotatable bonds is 6. The fourth-order valence-corrected chi connectivity index (χ4v) is 1.43. The monoisotopic (exact) mass is 250 g/mol. The van der Waals surface area contributed by atoms with E-state index in [0.717, 1.165) is 0 Å². The van der Waals surface area contributed by atoms with E-state index in [9.17, 15) is 9.59 Å². The zero-order valence-electron chi connectivity index (χ0n) is 10.6. The first-order chi connectivity index (χ1) is 8.47. The highest BCUT2D eigenvalue weighted by Gasteiger charge is 2.04. The van der Waals surface area contributed by atoms with Crippen LogP contribution in [-0.4, -0.2) is 42.5 Å². The number of nitrogens with one attached hydrogen (secondary N) is 1. The third kappa shape index (κ3) is 5.45. The standard InChI is InChI=1S/C13H18N2O3/c1-15(2)8-7-12(16)14-11-5-3-10(4-6-11)9-13(17)18/h3-6H,7-9H2,1-2H3,(H,14,16)(H,17,18). The van der Waals surface area contributed by atoms with Crippen molar-refractivity contribution >= 4 is 17.6 Å². The van der Waals surface area contributed by atoms with Crippen LogP contribution >= 0.6 is 0 Å². The topological polar surface area (TPSA) is 69.6 Å². The van der Waals surface area contributed by atoms with Crippen molar-refractivity contribution in [2.75, 3.05) is 26.0 Å². The van der Waals surface area contributed by atoms with Crippen molar-refractivity contribution in [2.45, 2.75) is 12.8 Å². The molecule has 0 aliphatic rings. The minimum Gasteiger partial charge on any atom is -0.481 e. The predicted molar refractivity (Wildman–Crippen MR) is 69.6 cm³/mol. The van der Waals surface area contributed by atoms with Gasteiger partial charge in [0, 0.05) is 18.7 Å². The molecule has 0 radical (unpaired) electrons. The number of carboxylic acid groups (broad SMARTS) is 1. The Morgan fingerprint density at radius 3 is 2.33 bits per heavy atom. The molecule has 1 amide bonds. The summed E-state index contributed by atoms with van der Waals surface area (Å²) in [7, 11) is 3.82. The number of carbonyl (C=O) groups is 2. The summed E-state index contributed by atoms with van der Waals surface area (Å²) in [6.07, 6.45) is 0.429. The quantitative estimate of drug-likeness (QED) is 0.796. The predicted octanol–water partition coefficient (Wildman–Crippen LogP) is 1.20. The minimum atomic E-state index is -0.863. The lowest BCUT2D eigenvalue weighted by molar-refractivity contribution is -0.136. The first kappa shape index (κ1) is 14.2. The molecular formula is C13H18N2O3. The summed E-state index contributed by atoms with van der Waals surface area (Å²) in [6.45, 7) is 0.697. The lowest BCUT2D eigenvalue weighted by Gasteiger charge is -2.09. The highest BCUT2D eigenvalue weighted by atomic mass is 16.4. The molecule has 0 saturated carbocycles. The SMILES string of the molecule is CN(C)CCC(=O)Nc1ccc(CC(=O)O)cc1. The molecule has 1 aromatic rings. The van der Waals surface area contributed by atoms with Crippen molar-refractivity contribution in [1.82, 2.24) is 4.90 Å². The van der Waals surface area contributed by atoms with E-state index in [1.54, 1.807) is 24.3 Å². The lowest BCUT2D eigenvalue weighted by Crippen LogP contribution is -2.20. The van der Waals surface area contributed by atoms with Crippen LogP contribution in [0.15, 0.2) is 24.3 Å². The number of amides is 1. The van der Waals surface area contributed by atoms with E-state index in [-0.39, 0.29) is 12.3 Å². The number of hydrogen-bond acceptors (Lipinski definition) is 3. The minimum absolute atomic E-state index is 0.00510. The third-order valence-electron chi connectivity index (χ3n) is 2.38. The Kier molecular flexibility index (Phi) is 5.32. The van der Waals surface area contributed by atoms with E-state index < -0.39 is 5.97 Å². The van der Waals surface area contributed by atoms with Crippen LogP contribution in [0.3, 0.4) is 0 Å². The molecule has 0 unspecified atom stereocenters. The number of anilines is 1. The number of nitrogens with zero attached hydrogens (tertiary/aromatic N) is 1. The molecule has 18 heavy (non-hydrogen) atoms. The molecule has 0 fully saturated rings. The highest BCUT2D eigenvalue weighted by Crippen LogP contribution is 2.10. The Balaban J connectivity index is 2.48. The molecule has 0 aliphatic heterocycles. The van der Waals surface area contributed by atoms with Gasteiger partial charge in [0.2, 0.25) is 5.91 Å². The summed E-state index contributed by atoms with van der Waals surface area (Å²) in [6, 6.07) is 6.84. The molecule has 0 bridgehead atoms. The van der Waals surface area contributed by atoms with Gasteiger partial charge in [-0.25, -0.2) is 0 Å². The molecule has 0 spiro atoms. The van der Waals surface area contributed by atoms with Crippen LogP contribution in [0, 0.1) is 0 Å². The van der Waals surface area contributed by atoms with Gasteiger partial charge in [-0.15, -0.1) is 0 Å². The summed E-state index contributed by atoms with van der Waals surface area (Å²) >= 11 is 0. The van der Waals surface area contributed by atoms with Gasteiger partial charge in [0.15, 0.2) is 0 Å². The fraction of sp³-hybridized carbons (Fsp3) is 0.385. The second kappa shape index (κ2) is 6.76. The van der Waals surface area contributed by atoms with Gasteiger partial charge in [0.05, 0.1) is 6.42 Å². The molecule has 0 heterocycles. The smallest absolute Gasteiger partial charge is 0.307 e. The Morgan fingerprint density at radius 2 is 1.83 bits per heavy atom. The second-order valence-electron chi connectivity index (χ2n) is 4.37. The molecule has 5 heteroatoms. The maximum atomic E-state index is 11.5. The van der Waals surface area contributed by atoms with Crippen molar-refractivity contribution in [3.8, 4) is 0 Å². The maximum Gasteiger partial charge on any atom is 0.307 e. The first-order valence-corrected chi connectivity index (χ1v) is 5.72. The van der Waals surface area contributed by atoms with Crippen molar-refractivity contribution in [3.63, 3.8) is 0 Å². The number of carbonyl (C=O) groups excluding carboxylic acids is 1. The van der Waals surface area contributed by atoms with Gasteiger partial charge in [-0.1, -0.05) is 12.1 Å². The first-order valence-electron chi connectivity index (χ1n) is 5.72. The van der Waals surface area contributed by atoms with Crippen LogP contribution in [0.25, 0.3) is 0 Å². The summed E-state index contributed by atoms with van der Waals surface area (Å²) < 4.78 is 0. The number of aliphatic carboxylic acids is 1. The van der Waals surface area contributed by atoms with E-state index in [0.29, 0.717) is 24.2 Å². The number of benzene rings is 1. The Hall–Kier alpha value is -1.88. The fourth-order valence-electron chi connectivity index (χ4n) is 1.43. The van der Waals surface area contributed by atoms with Crippen molar-refractivity contribution in [2.24, 2.45) is 0 Å². The van der Waals surface area contributed by atoms with Gasteiger partial charge >= 0.3 is 5.97 Å². The van der Waals surface area contributed by atoms with Crippen LogP contribution in [-0.2, 0) is 16.0 Å². The number of hydrogen-bond donors (Lipinski definition) is 2. The highest BCUT2D eigenvalue weighted by molar-refractivity contribution is 5.90. The molecule has 0 saturated heterocycles. The lowest BCUT2D eigenvalue weighted by atomic mass is 10.1. The van der Waals surface area contributed by atoms with Gasteiger partial charge in [-0.3, -0.25) is 9.59 Å². The second-order valence-corrected chi connectivity index (χ2v) is 4.37. The van der Waals surface area contributed by atoms with Gasteiger partial charge in [-0.2, -0.15) is 0 Å². The Morgan fingerprint density at radius 1 is 1.22 bits per heavy atom. The normalized spacial score (nSPS) is 10.4. The van der Waals surface area contributed by atoms with Crippen molar-refractivity contribution in [3.05, 3.63) is 29.8 Å². The van der Waals surface area contributed by atoms with Crippen LogP contribution in [0.2, 0.25) is 0 Å². The average molecular weight is 250 g/mol. The van der Waals surface area contributed by atoms with Crippen molar-refractivity contribution < 1.29 is 14.7 Å². The molecule has 2 N–H and O–H groups in total. The molecule has 98 valence electrons. The molecular weight excluding hydrogens is 232 g/mol. The summed E-state index contributed by atoms with van der Waals surface area (Å²) in [5, 5.41) is 11.4. The average Bonchev–Trinajstić information content (AvgIpc) is 2.28. The molecule has 1 rings (SSSR count). The summed E-state index contributed by atoms with van der Waals surface area (Å²) in [5.41, 5.74) is 1.40. The van der Waals surface area contributed by atoms with E-state index in [4.69, 9.17) is 5.11 Å². The molecule has 0 aliphatic carbocycles. The molecule has 0 aromatic heterocycles. The van der Waals surface area contributed by atoms with Gasteiger partial charge in [0.25, 0.3) is 0 Å². The zero-order chi connectivity index (χ0) is 13.5. The molecule has 5 nitrogen and oxygen atoms in total. The summed E-state index contributed by atoms with van der Waals surface area (Å²) in [4.78, 5) is 24.0. The van der Waals surface area contributed by atoms with Gasteiger partial charge < -0.3 is 15.3 Å². The largest absolute Gasteiger partial charge is 0.481 e. The zero-order valence-corrected chi connectivity index (χ0v) is 10.6. The van der Waals surface area contributed by atoms with Crippen LogP contribution in [0.4, 0.5) is 5.69 Å². The van der Waals surface area contributed by atoms with E-state index in [1.807, 2.05) is 19.0 Å². The van der Waals surface area contributed by atoms with Gasteiger partial charge in [-0.05, 0) is 31.8 Å². The van der Waals surface area contributed by atoms with E-state index in [2.05, 4.69) is 5.32 Å². The molecule has 0 atom stereocenters. The van der Waals surface area contributed by atoms with Gasteiger partial charge in [0.1, 0.15) is 0 Å². The maximum absolute atomic E-state index is 11.5. The van der Waals surface area contributed by atoms with E-state index in [1.165, 1.54) is 0 Å². The Bertz CT molecular complexity index is 413. The van der Waals surface area contributed by atoms with Crippen LogP contribution in [0.5, 0.6) is 0 Å². The Labute approximate surface area is 106 Å². The van der Waals surface area contributed by atoms with Crippen LogP contribution in [0.1, 0.15) is 12.0 Å². The van der Waals surface area contributed by atoms with Crippen LogP contribution < -0.4 is 5.32 Å². The number of carboxylic acids is 1. The summed E-state index contributed by atoms with van der Waals surface area (Å²) in [5.74, 6) is -0.910.